The van der Waals surface area contributed by atoms with Crippen molar-refractivity contribution in [2.75, 3.05) is 0 Å². The van der Waals surface area contributed by atoms with Crippen LogP contribution >= 0.6 is 22.6 Å². The van der Waals surface area contributed by atoms with Gasteiger partial charge in [0.1, 0.15) is 12.9 Å². The third-order valence-corrected chi connectivity index (χ3v) is 4.04. The van der Waals surface area contributed by atoms with Gasteiger partial charge in [0.05, 0.1) is 4.92 Å². The molecule has 8 heteroatoms. The van der Waals surface area contributed by atoms with Crippen LogP contribution in [0.25, 0.3) is 11.4 Å². The van der Waals surface area contributed by atoms with Crippen LogP contribution in [-0.4, -0.2) is 25.5 Å². The highest BCUT2D eigenvalue weighted by molar-refractivity contribution is 14.1. The average molecular weight is 434 g/mol. The number of rotatable bonds is 5. The average Bonchev–Trinajstić information content (AvgIpc) is 3.04. The standard InChI is InChI=1S/C16H11IN4O3/c17-13-6-4-11(5-7-13)15(22)9-20-10-18-16(19-20)12-2-1-3-14(8-12)21(23)24/h1-8,10H,9H2. The van der Waals surface area contributed by atoms with Gasteiger partial charge in [0.25, 0.3) is 5.69 Å². The van der Waals surface area contributed by atoms with Gasteiger partial charge in [0.2, 0.25) is 0 Å². The molecule has 7 nitrogen and oxygen atoms in total. The highest BCUT2D eigenvalue weighted by Gasteiger charge is 2.12. The molecule has 1 aromatic heterocycles. The molecule has 0 aliphatic heterocycles. The number of halogens is 1. The van der Waals surface area contributed by atoms with Gasteiger partial charge in [-0.25, -0.2) is 9.67 Å². The van der Waals surface area contributed by atoms with Gasteiger partial charge < -0.3 is 0 Å². The Kier molecular flexibility index (Phi) is 4.65. The molecule has 3 aromatic rings. The molecule has 0 spiro atoms. The van der Waals surface area contributed by atoms with Crippen LogP contribution < -0.4 is 0 Å². The van der Waals surface area contributed by atoms with E-state index >= 15 is 0 Å². The van der Waals surface area contributed by atoms with E-state index in [1.807, 2.05) is 12.1 Å². The Morgan fingerprint density at radius 2 is 1.96 bits per heavy atom. The Hall–Kier alpha value is -2.62. The van der Waals surface area contributed by atoms with Crippen LogP contribution in [0, 0.1) is 13.7 Å². The van der Waals surface area contributed by atoms with Gasteiger partial charge in [-0.3, -0.25) is 14.9 Å². The van der Waals surface area contributed by atoms with Crippen molar-refractivity contribution in [1.29, 1.82) is 0 Å². The molecule has 2 aromatic carbocycles. The highest BCUT2D eigenvalue weighted by Crippen LogP contribution is 2.20. The lowest BCUT2D eigenvalue weighted by Gasteiger charge is -2.01. The zero-order chi connectivity index (χ0) is 17.1. The van der Waals surface area contributed by atoms with E-state index in [9.17, 15) is 14.9 Å². The Labute approximate surface area is 150 Å². The topological polar surface area (TPSA) is 90.9 Å². The Bertz CT molecular complexity index is 906. The number of hydrogen-bond donors (Lipinski definition) is 0. The summed E-state index contributed by atoms with van der Waals surface area (Å²) in [5.41, 5.74) is 1.10. The summed E-state index contributed by atoms with van der Waals surface area (Å²) in [6.07, 6.45) is 1.44. The summed E-state index contributed by atoms with van der Waals surface area (Å²) in [5.74, 6) is 0.260. The molecule has 0 fully saturated rings. The van der Waals surface area contributed by atoms with Crippen molar-refractivity contribution in [2.45, 2.75) is 6.54 Å². The van der Waals surface area contributed by atoms with Crippen LogP contribution in [0.4, 0.5) is 5.69 Å². The van der Waals surface area contributed by atoms with Crippen LogP contribution in [0.1, 0.15) is 10.4 Å². The monoisotopic (exact) mass is 434 g/mol. The second-order valence-corrected chi connectivity index (χ2v) is 6.25. The number of nitrogens with zero attached hydrogens (tertiary/aromatic N) is 4. The molecule has 0 aliphatic rings. The van der Waals surface area contributed by atoms with Gasteiger partial charge in [-0.05, 0) is 34.7 Å². The van der Waals surface area contributed by atoms with E-state index in [1.54, 1.807) is 24.3 Å². The van der Waals surface area contributed by atoms with Crippen molar-refractivity contribution in [1.82, 2.24) is 14.8 Å². The van der Waals surface area contributed by atoms with Gasteiger partial charge >= 0.3 is 0 Å². The fourth-order valence-corrected chi connectivity index (χ4v) is 2.50. The number of ketones is 1. The number of benzene rings is 2. The molecule has 0 atom stereocenters. The lowest BCUT2D eigenvalue weighted by atomic mass is 10.1. The number of hydrogen-bond acceptors (Lipinski definition) is 5. The lowest BCUT2D eigenvalue weighted by molar-refractivity contribution is -0.384. The van der Waals surface area contributed by atoms with Crippen LogP contribution in [0.2, 0.25) is 0 Å². The summed E-state index contributed by atoms with van der Waals surface area (Å²) >= 11 is 2.17. The fourth-order valence-electron chi connectivity index (χ4n) is 2.14. The van der Waals surface area contributed by atoms with Crippen molar-refractivity contribution in [3.8, 4) is 11.4 Å². The molecule has 0 radical (unpaired) electrons. The number of non-ortho nitro benzene ring substituents is 1. The first-order valence-electron chi connectivity index (χ1n) is 6.96. The predicted octanol–water partition coefficient (Wildman–Crippen LogP) is 3.34. The number of carbonyl (C=O) groups is 1. The van der Waals surface area contributed by atoms with Crippen LogP contribution in [0.15, 0.2) is 54.9 Å². The minimum Gasteiger partial charge on any atom is -0.292 e. The minimum atomic E-state index is -0.471. The predicted molar refractivity (Wildman–Crippen MR) is 95.6 cm³/mol. The van der Waals surface area contributed by atoms with E-state index in [1.165, 1.54) is 23.1 Å². The van der Waals surface area contributed by atoms with Gasteiger partial charge in [-0.15, -0.1) is 0 Å². The Morgan fingerprint density at radius 1 is 1.21 bits per heavy atom. The molecule has 3 rings (SSSR count). The Balaban J connectivity index is 1.78. The molecule has 24 heavy (non-hydrogen) atoms. The van der Waals surface area contributed by atoms with Crippen molar-refractivity contribution in [3.63, 3.8) is 0 Å². The molecule has 0 saturated heterocycles. The summed E-state index contributed by atoms with van der Waals surface area (Å²) in [6.45, 7) is 0.0581. The van der Waals surface area contributed by atoms with E-state index < -0.39 is 4.92 Å². The smallest absolute Gasteiger partial charge is 0.270 e. The fraction of sp³-hybridized carbons (Fsp3) is 0.0625. The highest BCUT2D eigenvalue weighted by atomic mass is 127. The third kappa shape index (κ3) is 3.65. The number of nitro groups is 1. The number of nitro benzene ring substituents is 1. The van der Waals surface area contributed by atoms with Gasteiger partial charge in [-0.2, -0.15) is 5.10 Å². The molecule has 120 valence electrons. The maximum atomic E-state index is 12.2. The maximum absolute atomic E-state index is 12.2. The SMILES string of the molecule is O=C(Cn1cnc(-c2cccc([N+](=O)[O-])c2)n1)c1ccc(I)cc1. The molecule has 1 heterocycles. The van der Waals surface area contributed by atoms with Crippen LogP contribution in [0.3, 0.4) is 0 Å². The molecule has 0 amide bonds. The molecule has 0 unspecified atom stereocenters. The largest absolute Gasteiger partial charge is 0.292 e. The summed E-state index contributed by atoms with van der Waals surface area (Å²) in [4.78, 5) is 26.7. The van der Waals surface area contributed by atoms with Gasteiger partial charge in [0, 0.05) is 26.8 Å². The molecule has 0 bridgehead atoms. The van der Waals surface area contributed by atoms with E-state index in [0.29, 0.717) is 17.0 Å². The minimum absolute atomic E-state index is 0.0289. The Morgan fingerprint density at radius 3 is 2.67 bits per heavy atom. The van der Waals surface area contributed by atoms with Crippen molar-refractivity contribution in [2.24, 2.45) is 0 Å². The third-order valence-electron chi connectivity index (χ3n) is 3.32. The van der Waals surface area contributed by atoms with E-state index in [0.717, 1.165) is 3.57 Å². The molecule has 0 saturated carbocycles. The van der Waals surface area contributed by atoms with Crippen molar-refractivity contribution >= 4 is 34.1 Å². The van der Waals surface area contributed by atoms with E-state index in [2.05, 4.69) is 32.7 Å². The van der Waals surface area contributed by atoms with E-state index in [-0.39, 0.29) is 18.0 Å². The number of aromatic nitrogens is 3. The summed E-state index contributed by atoms with van der Waals surface area (Å²) in [6, 6.07) is 13.3. The first kappa shape index (κ1) is 16.2. The van der Waals surface area contributed by atoms with Crippen LogP contribution in [0.5, 0.6) is 0 Å². The molecular formula is C16H11IN4O3. The first-order valence-corrected chi connectivity index (χ1v) is 8.04. The van der Waals surface area contributed by atoms with Gasteiger partial charge in [-0.1, -0.05) is 24.3 Å². The number of carbonyl (C=O) groups excluding carboxylic acids is 1. The zero-order valence-corrected chi connectivity index (χ0v) is 14.5. The maximum Gasteiger partial charge on any atom is 0.270 e. The summed E-state index contributed by atoms with van der Waals surface area (Å²) in [7, 11) is 0. The second-order valence-electron chi connectivity index (χ2n) is 5.00. The summed E-state index contributed by atoms with van der Waals surface area (Å²) < 4.78 is 2.48. The summed E-state index contributed by atoms with van der Waals surface area (Å²) in [5, 5.41) is 15.1. The lowest BCUT2D eigenvalue weighted by Crippen LogP contribution is -2.11. The normalized spacial score (nSPS) is 10.5. The van der Waals surface area contributed by atoms with Gasteiger partial charge in [0.15, 0.2) is 11.6 Å². The van der Waals surface area contributed by atoms with Crippen LogP contribution in [-0.2, 0) is 6.54 Å². The molecule has 0 aliphatic carbocycles. The quantitative estimate of drug-likeness (QED) is 0.266. The number of Topliss-reactive ketones (excluding diaryl/α,β-unsaturated/α-hetero) is 1. The first-order chi connectivity index (χ1) is 11.5. The van der Waals surface area contributed by atoms with Crippen molar-refractivity contribution in [3.05, 3.63) is 74.1 Å². The molecular weight excluding hydrogens is 423 g/mol. The van der Waals surface area contributed by atoms with E-state index in [4.69, 9.17) is 0 Å². The van der Waals surface area contributed by atoms with Crippen molar-refractivity contribution < 1.29 is 9.72 Å². The molecule has 0 N–H and O–H groups in total. The second kappa shape index (κ2) is 6.87. The zero-order valence-electron chi connectivity index (χ0n) is 12.3.